The SMILES string of the molecule is O=C(NN1C(=O)CNC1=S)c1cccs1. The van der Waals surface area contributed by atoms with Crippen molar-refractivity contribution in [3.63, 3.8) is 0 Å². The Hall–Kier alpha value is -1.47. The van der Waals surface area contributed by atoms with Crippen molar-refractivity contribution in [1.82, 2.24) is 15.8 Å². The molecule has 1 aromatic heterocycles. The van der Waals surface area contributed by atoms with E-state index >= 15 is 0 Å². The van der Waals surface area contributed by atoms with E-state index in [1.165, 1.54) is 11.3 Å². The summed E-state index contributed by atoms with van der Waals surface area (Å²) < 4.78 is 0. The number of nitrogens with zero attached hydrogens (tertiary/aromatic N) is 1. The number of hydrogen-bond donors (Lipinski definition) is 2. The Morgan fingerprint density at radius 1 is 1.67 bits per heavy atom. The lowest BCUT2D eigenvalue weighted by atomic mass is 10.4. The predicted molar refractivity (Wildman–Crippen MR) is 59.2 cm³/mol. The van der Waals surface area contributed by atoms with Crippen LogP contribution < -0.4 is 10.7 Å². The van der Waals surface area contributed by atoms with Crippen LogP contribution in [0.2, 0.25) is 0 Å². The topological polar surface area (TPSA) is 61.4 Å². The van der Waals surface area contributed by atoms with E-state index in [0.717, 1.165) is 5.01 Å². The van der Waals surface area contributed by atoms with E-state index in [-0.39, 0.29) is 23.5 Å². The molecule has 15 heavy (non-hydrogen) atoms. The molecule has 0 atom stereocenters. The largest absolute Gasteiger partial charge is 0.352 e. The molecule has 1 aliphatic heterocycles. The minimum absolute atomic E-state index is 0.129. The molecular formula is C8H7N3O2S2. The van der Waals surface area contributed by atoms with Gasteiger partial charge in [-0.15, -0.1) is 11.3 Å². The smallest absolute Gasteiger partial charge is 0.280 e. The van der Waals surface area contributed by atoms with Gasteiger partial charge in [0.15, 0.2) is 5.11 Å². The molecule has 0 radical (unpaired) electrons. The first-order chi connectivity index (χ1) is 7.18. The van der Waals surface area contributed by atoms with E-state index in [9.17, 15) is 9.59 Å². The van der Waals surface area contributed by atoms with Crippen LogP contribution in [0.4, 0.5) is 0 Å². The molecule has 2 heterocycles. The third-order valence-electron chi connectivity index (χ3n) is 1.80. The highest BCUT2D eigenvalue weighted by atomic mass is 32.1. The summed E-state index contributed by atoms with van der Waals surface area (Å²) in [5, 5.41) is 5.74. The maximum Gasteiger partial charge on any atom is 0.280 e. The highest BCUT2D eigenvalue weighted by Gasteiger charge is 2.27. The van der Waals surface area contributed by atoms with Gasteiger partial charge >= 0.3 is 0 Å². The molecule has 2 rings (SSSR count). The minimum atomic E-state index is -0.329. The summed E-state index contributed by atoms with van der Waals surface area (Å²) in [6.45, 7) is 0.129. The van der Waals surface area contributed by atoms with Crippen LogP contribution in [0.5, 0.6) is 0 Å². The zero-order chi connectivity index (χ0) is 10.8. The van der Waals surface area contributed by atoms with Crippen LogP contribution in [0.25, 0.3) is 0 Å². The van der Waals surface area contributed by atoms with E-state index in [0.29, 0.717) is 4.88 Å². The monoisotopic (exact) mass is 241 g/mol. The molecule has 5 nitrogen and oxygen atoms in total. The molecule has 0 bridgehead atoms. The zero-order valence-electron chi connectivity index (χ0n) is 7.52. The van der Waals surface area contributed by atoms with Crippen molar-refractivity contribution in [2.24, 2.45) is 0 Å². The summed E-state index contributed by atoms with van der Waals surface area (Å²) in [4.78, 5) is 23.4. The zero-order valence-corrected chi connectivity index (χ0v) is 9.15. The minimum Gasteiger partial charge on any atom is -0.352 e. The lowest BCUT2D eigenvalue weighted by Gasteiger charge is -2.14. The second-order valence-electron chi connectivity index (χ2n) is 2.81. The third-order valence-corrected chi connectivity index (χ3v) is 3.00. The number of thiophene rings is 1. The number of carbonyl (C=O) groups excluding carboxylic acids is 2. The number of hydrazine groups is 1. The Balaban J connectivity index is 2.06. The molecule has 0 aromatic carbocycles. The fourth-order valence-electron chi connectivity index (χ4n) is 1.10. The normalized spacial score (nSPS) is 15.3. The van der Waals surface area contributed by atoms with Gasteiger partial charge in [-0.1, -0.05) is 6.07 Å². The number of thiocarbonyl (C=S) groups is 1. The van der Waals surface area contributed by atoms with Gasteiger partial charge in [-0.05, 0) is 23.7 Å². The van der Waals surface area contributed by atoms with Crippen molar-refractivity contribution in [3.05, 3.63) is 22.4 Å². The molecule has 0 saturated carbocycles. The number of rotatable bonds is 2. The van der Waals surface area contributed by atoms with E-state index in [1.54, 1.807) is 17.5 Å². The molecule has 0 unspecified atom stereocenters. The van der Waals surface area contributed by atoms with Crippen molar-refractivity contribution < 1.29 is 9.59 Å². The van der Waals surface area contributed by atoms with Crippen LogP contribution in [0, 0.1) is 0 Å². The molecule has 0 spiro atoms. The van der Waals surface area contributed by atoms with Crippen LogP contribution in [-0.2, 0) is 4.79 Å². The van der Waals surface area contributed by atoms with Gasteiger partial charge in [0.1, 0.15) is 0 Å². The summed E-state index contributed by atoms with van der Waals surface area (Å²) in [7, 11) is 0. The van der Waals surface area contributed by atoms with Gasteiger partial charge in [0, 0.05) is 0 Å². The van der Waals surface area contributed by atoms with Crippen LogP contribution in [-0.4, -0.2) is 28.5 Å². The van der Waals surface area contributed by atoms with E-state index in [2.05, 4.69) is 10.7 Å². The molecule has 1 aromatic rings. The van der Waals surface area contributed by atoms with Gasteiger partial charge in [-0.2, -0.15) is 5.01 Å². The second kappa shape index (κ2) is 3.95. The van der Waals surface area contributed by atoms with Crippen LogP contribution in [0.1, 0.15) is 9.67 Å². The first kappa shape index (κ1) is 10.1. The molecule has 0 aliphatic carbocycles. The number of hydrogen-bond acceptors (Lipinski definition) is 4. The summed E-state index contributed by atoms with van der Waals surface area (Å²) in [6, 6.07) is 3.44. The Labute approximate surface area is 95.0 Å². The summed E-state index contributed by atoms with van der Waals surface area (Å²) >= 11 is 6.15. The number of carbonyl (C=O) groups is 2. The third kappa shape index (κ3) is 1.97. The standard InChI is InChI=1S/C8H7N3O2S2/c12-6-4-9-8(14)11(6)10-7(13)5-2-1-3-15-5/h1-3H,4H2,(H,9,14)(H,10,13). The average Bonchev–Trinajstić information content (AvgIpc) is 2.82. The lowest BCUT2D eigenvalue weighted by Crippen LogP contribution is -2.46. The molecule has 1 saturated heterocycles. The van der Waals surface area contributed by atoms with Gasteiger partial charge in [-0.3, -0.25) is 15.0 Å². The summed E-state index contributed by atoms with van der Waals surface area (Å²) in [5.41, 5.74) is 2.43. The Kier molecular flexibility index (Phi) is 2.65. The first-order valence-electron chi connectivity index (χ1n) is 4.14. The number of amides is 2. The maximum absolute atomic E-state index is 11.6. The van der Waals surface area contributed by atoms with Gasteiger partial charge < -0.3 is 5.32 Å². The fourth-order valence-corrected chi connectivity index (χ4v) is 1.93. The Bertz CT molecular complexity index is 400. The van der Waals surface area contributed by atoms with Crippen molar-refractivity contribution in [3.8, 4) is 0 Å². The highest BCUT2D eigenvalue weighted by Crippen LogP contribution is 2.08. The predicted octanol–water partition coefficient (Wildman–Crippen LogP) is 0.110. The van der Waals surface area contributed by atoms with E-state index < -0.39 is 0 Å². The summed E-state index contributed by atoms with van der Waals surface area (Å²) in [5.74, 6) is -0.589. The second-order valence-corrected chi connectivity index (χ2v) is 4.14. The quantitative estimate of drug-likeness (QED) is 0.721. The van der Waals surface area contributed by atoms with E-state index in [1.807, 2.05) is 0 Å². The van der Waals surface area contributed by atoms with Crippen LogP contribution in [0.3, 0.4) is 0 Å². The maximum atomic E-state index is 11.6. The molecule has 78 valence electrons. The molecule has 2 N–H and O–H groups in total. The summed E-state index contributed by atoms with van der Waals surface area (Å²) in [6.07, 6.45) is 0. The van der Waals surface area contributed by atoms with E-state index in [4.69, 9.17) is 12.2 Å². The van der Waals surface area contributed by atoms with Gasteiger partial charge in [0.2, 0.25) is 0 Å². The molecule has 1 fully saturated rings. The van der Waals surface area contributed by atoms with Crippen LogP contribution >= 0.6 is 23.6 Å². The lowest BCUT2D eigenvalue weighted by molar-refractivity contribution is -0.126. The fraction of sp³-hybridized carbons (Fsp3) is 0.125. The van der Waals surface area contributed by atoms with Crippen molar-refractivity contribution in [2.75, 3.05) is 6.54 Å². The van der Waals surface area contributed by atoms with Crippen molar-refractivity contribution in [1.29, 1.82) is 0 Å². The average molecular weight is 241 g/mol. The van der Waals surface area contributed by atoms with Crippen molar-refractivity contribution in [2.45, 2.75) is 0 Å². The molecule has 2 amide bonds. The van der Waals surface area contributed by atoms with Gasteiger partial charge in [0.25, 0.3) is 11.8 Å². The number of nitrogens with one attached hydrogen (secondary N) is 2. The first-order valence-corrected chi connectivity index (χ1v) is 5.42. The van der Waals surface area contributed by atoms with Gasteiger partial charge in [0.05, 0.1) is 11.4 Å². The Morgan fingerprint density at radius 2 is 2.47 bits per heavy atom. The van der Waals surface area contributed by atoms with Crippen LogP contribution in [0.15, 0.2) is 17.5 Å². The van der Waals surface area contributed by atoms with Gasteiger partial charge in [-0.25, -0.2) is 0 Å². The molecule has 1 aliphatic rings. The molecular weight excluding hydrogens is 234 g/mol. The highest BCUT2D eigenvalue weighted by molar-refractivity contribution is 7.80. The Morgan fingerprint density at radius 3 is 3.00 bits per heavy atom. The molecule has 7 heteroatoms. The van der Waals surface area contributed by atoms with Crippen molar-refractivity contribution >= 4 is 40.5 Å².